The number of alkyl halides is 3. The Labute approximate surface area is 195 Å². The highest BCUT2D eigenvalue weighted by Gasteiger charge is 2.33. The summed E-state index contributed by atoms with van der Waals surface area (Å²) < 4.78 is 72.6. The van der Waals surface area contributed by atoms with Gasteiger partial charge in [-0.1, -0.05) is 6.07 Å². The lowest BCUT2D eigenvalue weighted by molar-refractivity contribution is -0.137. The quantitative estimate of drug-likeness (QED) is 0.558. The van der Waals surface area contributed by atoms with Crippen LogP contribution in [0.4, 0.5) is 18.9 Å². The number of hydrogen-bond acceptors (Lipinski definition) is 7. The Balaban J connectivity index is 1.65. The summed E-state index contributed by atoms with van der Waals surface area (Å²) in [4.78, 5) is 30.2. The zero-order valence-electron chi connectivity index (χ0n) is 17.8. The van der Waals surface area contributed by atoms with E-state index in [2.05, 4.69) is 10.3 Å². The predicted molar refractivity (Wildman–Crippen MR) is 118 cm³/mol. The molecule has 1 aliphatic rings. The molecule has 0 aliphatic carbocycles. The first-order chi connectivity index (χ1) is 16.0. The number of sulfonamides is 1. The van der Waals surface area contributed by atoms with Crippen molar-refractivity contribution in [3.8, 4) is 0 Å². The van der Waals surface area contributed by atoms with E-state index in [-0.39, 0.29) is 47.1 Å². The third-order valence-electron chi connectivity index (χ3n) is 5.16. The van der Waals surface area contributed by atoms with Crippen molar-refractivity contribution >= 4 is 43.2 Å². The normalized spacial score (nSPS) is 15.5. The molecule has 14 heteroatoms. The molecular formula is C20H19F3N4O5S2. The molecule has 182 valence electrons. The smallest absolute Gasteiger partial charge is 0.379 e. The van der Waals surface area contributed by atoms with Gasteiger partial charge >= 0.3 is 6.18 Å². The van der Waals surface area contributed by atoms with Gasteiger partial charge in [0.05, 0.1) is 30.5 Å². The molecule has 9 nitrogen and oxygen atoms in total. The predicted octanol–water partition coefficient (Wildman–Crippen LogP) is 2.44. The van der Waals surface area contributed by atoms with E-state index in [1.54, 1.807) is 6.92 Å². The van der Waals surface area contributed by atoms with E-state index in [1.807, 2.05) is 0 Å². The summed E-state index contributed by atoms with van der Waals surface area (Å²) in [7, 11) is -4.01. The average molecular weight is 517 g/mol. The Morgan fingerprint density at radius 3 is 2.65 bits per heavy atom. The van der Waals surface area contributed by atoms with Crippen LogP contribution in [0.15, 0.2) is 40.3 Å². The van der Waals surface area contributed by atoms with Gasteiger partial charge in [-0.15, -0.1) is 11.3 Å². The number of carbonyl (C=O) groups is 1. The van der Waals surface area contributed by atoms with Gasteiger partial charge in [0.1, 0.15) is 16.3 Å². The lowest BCUT2D eigenvalue weighted by atomic mass is 10.2. The topological polar surface area (TPSA) is 111 Å². The lowest BCUT2D eigenvalue weighted by Gasteiger charge is -2.26. The molecule has 1 amide bonds. The zero-order chi connectivity index (χ0) is 24.7. The Morgan fingerprint density at radius 2 is 1.97 bits per heavy atom. The molecule has 4 rings (SSSR count). The molecule has 2 aromatic heterocycles. The number of rotatable bonds is 5. The van der Waals surface area contributed by atoms with Crippen LogP contribution in [0, 0.1) is 6.92 Å². The van der Waals surface area contributed by atoms with Crippen LogP contribution in [-0.4, -0.2) is 54.5 Å². The number of aryl methyl sites for hydroxylation is 1. The van der Waals surface area contributed by atoms with E-state index in [1.165, 1.54) is 10.4 Å². The van der Waals surface area contributed by atoms with Crippen molar-refractivity contribution in [2.75, 3.05) is 31.6 Å². The molecule has 1 aliphatic heterocycles. The zero-order valence-corrected chi connectivity index (χ0v) is 19.4. The fourth-order valence-corrected chi connectivity index (χ4v) is 6.66. The maximum Gasteiger partial charge on any atom is 0.416 e. The lowest BCUT2D eigenvalue weighted by Crippen LogP contribution is -2.41. The molecule has 0 unspecified atom stereocenters. The number of anilines is 1. The number of aromatic nitrogens is 2. The fourth-order valence-electron chi connectivity index (χ4n) is 3.58. The van der Waals surface area contributed by atoms with Crippen LogP contribution in [0.5, 0.6) is 0 Å². The van der Waals surface area contributed by atoms with E-state index in [9.17, 15) is 31.2 Å². The number of thiophene rings is 1. The average Bonchev–Trinajstić information content (AvgIpc) is 3.13. The minimum Gasteiger partial charge on any atom is -0.379 e. The van der Waals surface area contributed by atoms with Crippen molar-refractivity contribution in [2.24, 2.45) is 0 Å². The molecule has 0 atom stereocenters. The second-order valence-electron chi connectivity index (χ2n) is 7.49. The largest absolute Gasteiger partial charge is 0.416 e. The van der Waals surface area contributed by atoms with Gasteiger partial charge in [-0.25, -0.2) is 13.4 Å². The number of amides is 1. The third kappa shape index (κ3) is 4.71. The number of hydrogen-bond donors (Lipinski definition) is 1. The van der Waals surface area contributed by atoms with Crippen LogP contribution < -0.4 is 10.9 Å². The van der Waals surface area contributed by atoms with Gasteiger partial charge in [0.25, 0.3) is 5.56 Å². The number of fused-ring (bicyclic) bond motifs is 1. The summed E-state index contributed by atoms with van der Waals surface area (Å²) >= 11 is 1.05. The summed E-state index contributed by atoms with van der Waals surface area (Å²) in [6.07, 6.45) is -3.47. The number of benzene rings is 1. The first-order valence-corrected chi connectivity index (χ1v) is 12.3. The monoisotopic (exact) mass is 516 g/mol. The second kappa shape index (κ2) is 9.09. The van der Waals surface area contributed by atoms with Crippen molar-refractivity contribution in [1.29, 1.82) is 0 Å². The minimum absolute atomic E-state index is 0.0936. The van der Waals surface area contributed by atoms with Crippen LogP contribution in [0.2, 0.25) is 0 Å². The van der Waals surface area contributed by atoms with E-state index in [4.69, 9.17) is 4.74 Å². The van der Waals surface area contributed by atoms with Crippen molar-refractivity contribution in [3.63, 3.8) is 0 Å². The molecule has 1 fully saturated rings. The first-order valence-electron chi connectivity index (χ1n) is 10.0. The standard InChI is InChI=1S/C20H19F3N4O5S2/c1-12-17(34(30,31)27-5-7-32-8-6-27)16-18(33-12)24-11-26(19(16)29)10-15(28)25-14-4-2-3-13(9-14)20(21,22)23/h2-4,9,11H,5-8,10H2,1H3,(H,25,28). The SMILES string of the molecule is Cc1sc2ncn(CC(=O)Nc3cccc(C(F)(F)F)c3)c(=O)c2c1S(=O)(=O)N1CCOCC1. The van der Waals surface area contributed by atoms with Crippen LogP contribution in [-0.2, 0) is 32.3 Å². The Kier molecular flexibility index (Phi) is 6.50. The Bertz CT molecular complexity index is 1410. The van der Waals surface area contributed by atoms with Crippen molar-refractivity contribution < 1.29 is 31.1 Å². The summed E-state index contributed by atoms with van der Waals surface area (Å²) in [5, 5.41) is 2.19. The number of nitrogens with zero attached hydrogens (tertiary/aromatic N) is 3. The van der Waals surface area contributed by atoms with Gasteiger partial charge < -0.3 is 10.1 Å². The maximum absolute atomic E-state index is 13.3. The summed E-state index contributed by atoms with van der Waals surface area (Å²) in [5.41, 5.74) is -1.76. The number of carbonyl (C=O) groups excluding carboxylic acids is 1. The summed E-state index contributed by atoms with van der Waals surface area (Å²) in [6.45, 7) is 1.77. The van der Waals surface area contributed by atoms with Crippen molar-refractivity contribution in [3.05, 3.63) is 51.4 Å². The molecule has 0 radical (unpaired) electrons. The molecule has 1 N–H and O–H groups in total. The second-order valence-corrected chi connectivity index (χ2v) is 10.6. The molecule has 1 saturated heterocycles. The molecule has 0 spiro atoms. The van der Waals surface area contributed by atoms with Crippen LogP contribution in [0.3, 0.4) is 0 Å². The highest BCUT2D eigenvalue weighted by Crippen LogP contribution is 2.33. The maximum atomic E-state index is 13.3. The van der Waals surface area contributed by atoms with Gasteiger partial charge in [0, 0.05) is 23.7 Å². The summed E-state index contributed by atoms with van der Waals surface area (Å²) in [5.74, 6) is -0.771. The van der Waals surface area contributed by atoms with E-state index in [0.29, 0.717) is 4.88 Å². The van der Waals surface area contributed by atoms with E-state index in [0.717, 1.165) is 40.4 Å². The highest BCUT2D eigenvalue weighted by atomic mass is 32.2. The van der Waals surface area contributed by atoms with Crippen LogP contribution in [0.1, 0.15) is 10.4 Å². The van der Waals surface area contributed by atoms with E-state index >= 15 is 0 Å². The van der Waals surface area contributed by atoms with Gasteiger partial charge in [-0.2, -0.15) is 17.5 Å². The number of nitrogens with one attached hydrogen (secondary N) is 1. The number of ether oxygens (including phenoxy) is 1. The molecule has 0 saturated carbocycles. The van der Waals surface area contributed by atoms with Gasteiger partial charge in [0.2, 0.25) is 15.9 Å². The molecule has 1 aromatic carbocycles. The summed E-state index contributed by atoms with van der Waals surface area (Å²) in [6, 6.07) is 4.08. The Hall–Kier alpha value is -2.81. The van der Waals surface area contributed by atoms with Crippen LogP contribution >= 0.6 is 11.3 Å². The van der Waals surface area contributed by atoms with Gasteiger partial charge in [0.15, 0.2) is 0 Å². The highest BCUT2D eigenvalue weighted by molar-refractivity contribution is 7.89. The Morgan fingerprint density at radius 1 is 1.26 bits per heavy atom. The first kappa shape index (κ1) is 24.3. The molecule has 3 aromatic rings. The molecular weight excluding hydrogens is 497 g/mol. The fraction of sp³-hybridized carbons (Fsp3) is 0.350. The molecule has 0 bridgehead atoms. The third-order valence-corrected chi connectivity index (χ3v) is 8.37. The van der Waals surface area contributed by atoms with Crippen molar-refractivity contribution in [1.82, 2.24) is 13.9 Å². The van der Waals surface area contributed by atoms with Crippen LogP contribution in [0.25, 0.3) is 10.2 Å². The number of halogens is 3. The minimum atomic E-state index is -4.58. The van der Waals surface area contributed by atoms with E-state index < -0.39 is 39.8 Å². The molecule has 3 heterocycles. The van der Waals surface area contributed by atoms with Gasteiger partial charge in [-0.05, 0) is 25.1 Å². The van der Waals surface area contributed by atoms with Gasteiger partial charge in [-0.3, -0.25) is 14.2 Å². The molecule has 34 heavy (non-hydrogen) atoms. The number of morpholine rings is 1. The van der Waals surface area contributed by atoms with Crippen molar-refractivity contribution in [2.45, 2.75) is 24.5 Å².